The first-order valence-corrected chi connectivity index (χ1v) is 6.25. The summed E-state index contributed by atoms with van der Waals surface area (Å²) in [6.45, 7) is 9.52. The van der Waals surface area contributed by atoms with Gasteiger partial charge in [0.15, 0.2) is 5.78 Å². The van der Waals surface area contributed by atoms with Crippen molar-refractivity contribution in [3.63, 3.8) is 0 Å². The maximum Gasteiger partial charge on any atom is 0.166 e. The molecule has 0 aromatic heterocycles. The second-order valence-electron chi connectivity index (χ2n) is 4.45. The summed E-state index contributed by atoms with van der Waals surface area (Å²) < 4.78 is 5.71. The molecule has 0 fully saturated rings. The molecule has 17 heavy (non-hydrogen) atoms. The maximum absolute atomic E-state index is 12.0. The van der Waals surface area contributed by atoms with Gasteiger partial charge in [-0.05, 0) is 44.9 Å². The number of halogens is 1. The van der Waals surface area contributed by atoms with E-state index in [4.69, 9.17) is 16.3 Å². The van der Waals surface area contributed by atoms with E-state index in [-0.39, 0.29) is 11.9 Å². The lowest BCUT2D eigenvalue weighted by atomic mass is 9.99. The molecule has 0 saturated carbocycles. The molecule has 0 N–H and O–H groups in total. The van der Waals surface area contributed by atoms with Gasteiger partial charge in [-0.1, -0.05) is 18.5 Å². The second kappa shape index (κ2) is 5.54. The smallest absolute Gasteiger partial charge is 0.166 e. The molecule has 0 aliphatic carbocycles. The Hall–Kier alpha value is -1.02. The summed E-state index contributed by atoms with van der Waals surface area (Å²) in [6, 6.07) is 1.85. The van der Waals surface area contributed by atoms with E-state index < -0.39 is 0 Å². The van der Waals surface area contributed by atoms with Crippen LogP contribution in [0.5, 0.6) is 5.75 Å². The monoisotopic (exact) mass is 254 g/mol. The third-order valence-electron chi connectivity index (χ3n) is 2.61. The van der Waals surface area contributed by atoms with Crippen molar-refractivity contribution in [3.8, 4) is 5.75 Å². The van der Waals surface area contributed by atoms with E-state index in [1.54, 1.807) is 0 Å². The van der Waals surface area contributed by atoms with Gasteiger partial charge in [0.25, 0.3) is 0 Å². The van der Waals surface area contributed by atoms with E-state index in [2.05, 4.69) is 0 Å². The number of hydrogen-bond acceptors (Lipinski definition) is 2. The normalized spacial score (nSPS) is 10.8. The number of benzene rings is 1. The van der Waals surface area contributed by atoms with E-state index in [1.165, 1.54) is 0 Å². The first-order valence-electron chi connectivity index (χ1n) is 5.88. The van der Waals surface area contributed by atoms with Crippen molar-refractivity contribution in [2.75, 3.05) is 0 Å². The van der Waals surface area contributed by atoms with E-state index >= 15 is 0 Å². The number of hydrogen-bond donors (Lipinski definition) is 0. The van der Waals surface area contributed by atoms with E-state index in [0.29, 0.717) is 22.8 Å². The number of aryl methyl sites for hydroxylation is 1. The average molecular weight is 255 g/mol. The molecule has 0 spiro atoms. The summed E-state index contributed by atoms with van der Waals surface area (Å²) in [5.41, 5.74) is 2.37. The van der Waals surface area contributed by atoms with Gasteiger partial charge in [0.2, 0.25) is 0 Å². The van der Waals surface area contributed by atoms with Crippen LogP contribution in [0.2, 0.25) is 5.02 Å². The molecule has 0 atom stereocenters. The number of rotatable bonds is 4. The fraction of sp³-hybridized carbons (Fsp3) is 0.500. The van der Waals surface area contributed by atoms with Crippen LogP contribution in [0.4, 0.5) is 0 Å². The molecule has 0 aliphatic heterocycles. The van der Waals surface area contributed by atoms with E-state index in [1.807, 2.05) is 40.7 Å². The molecule has 0 amide bonds. The van der Waals surface area contributed by atoms with Crippen molar-refractivity contribution in [2.24, 2.45) is 0 Å². The minimum Gasteiger partial charge on any atom is -0.490 e. The first kappa shape index (κ1) is 14.0. The Morgan fingerprint density at radius 3 is 2.47 bits per heavy atom. The number of ether oxygens (including phenoxy) is 1. The van der Waals surface area contributed by atoms with E-state index in [9.17, 15) is 4.79 Å². The van der Waals surface area contributed by atoms with Crippen molar-refractivity contribution in [3.05, 3.63) is 27.8 Å². The lowest BCUT2D eigenvalue weighted by molar-refractivity contribution is 0.0981. The number of carbonyl (C=O) groups is 1. The predicted octanol–water partition coefficient (Wildman–Crippen LogP) is 4.34. The molecule has 0 bridgehead atoms. The van der Waals surface area contributed by atoms with Crippen LogP contribution in [0.25, 0.3) is 0 Å². The van der Waals surface area contributed by atoms with Gasteiger partial charge in [-0.15, -0.1) is 0 Å². The van der Waals surface area contributed by atoms with Crippen molar-refractivity contribution < 1.29 is 9.53 Å². The average Bonchev–Trinajstić information content (AvgIpc) is 2.25. The topological polar surface area (TPSA) is 26.3 Å². The highest BCUT2D eigenvalue weighted by Gasteiger charge is 2.18. The first-order chi connectivity index (χ1) is 7.88. The highest BCUT2D eigenvalue weighted by molar-refractivity contribution is 6.32. The molecule has 0 heterocycles. The Morgan fingerprint density at radius 1 is 1.41 bits per heavy atom. The van der Waals surface area contributed by atoms with Crippen LogP contribution in [0.15, 0.2) is 6.07 Å². The zero-order chi connectivity index (χ0) is 13.2. The van der Waals surface area contributed by atoms with E-state index in [0.717, 1.165) is 11.1 Å². The summed E-state index contributed by atoms with van der Waals surface area (Å²) in [7, 11) is 0. The molecular formula is C14H19ClO2. The Kier molecular flexibility index (Phi) is 4.58. The fourth-order valence-corrected chi connectivity index (χ4v) is 1.94. The summed E-state index contributed by atoms with van der Waals surface area (Å²) in [4.78, 5) is 12.0. The molecular weight excluding hydrogens is 236 g/mol. The van der Waals surface area contributed by atoms with Crippen molar-refractivity contribution >= 4 is 17.4 Å². The Labute approximate surface area is 108 Å². The van der Waals surface area contributed by atoms with Crippen LogP contribution in [-0.4, -0.2) is 11.9 Å². The number of carbonyl (C=O) groups excluding carboxylic acids is 1. The van der Waals surface area contributed by atoms with Gasteiger partial charge < -0.3 is 4.74 Å². The predicted molar refractivity (Wildman–Crippen MR) is 71.3 cm³/mol. The Balaban J connectivity index is 3.40. The SMILES string of the molecule is CCC(=O)c1c(OC(C)C)cc(C)c(Cl)c1C. The third-order valence-corrected chi connectivity index (χ3v) is 3.19. The molecule has 2 nitrogen and oxygen atoms in total. The quantitative estimate of drug-likeness (QED) is 0.748. The van der Waals surface area contributed by atoms with Crippen LogP contribution >= 0.6 is 11.6 Å². The molecule has 1 aromatic carbocycles. The molecule has 0 saturated heterocycles. The summed E-state index contributed by atoms with van der Waals surface area (Å²) in [5, 5.41) is 0.651. The van der Waals surface area contributed by atoms with Gasteiger partial charge in [0.05, 0.1) is 11.7 Å². The van der Waals surface area contributed by atoms with Crippen LogP contribution in [0.1, 0.15) is 48.7 Å². The summed E-state index contributed by atoms with van der Waals surface area (Å²) >= 11 is 6.18. The zero-order valence-electron chi connectivity index (χ0n) is 11.1. The molecule has 1 rings (SSSR count). The highest BCUT2D eigenvalue weighted by atomic mass is 35.5. The van der Waals surface area contributed by atoms with Gasteiger partial charge >= 0.3 is 0 Å². The van der Waals surface area contributed by atoms with Gasteiger partial charge in [0, 0.05) is 11.4 Å². The Bertz CT molecular complexity index is 436. The molecule has 0 unspecified atom stereocenters. The van der Waals surface area contributed by atoms with Gasteiger partial charge in [-0.25, -0.2) is 0 Å². The Morgan fingerprint density at radius 2 is 2.00 bits per heavy atom. The van der Waals surface area contributed by atoms with Crippen molar-refractivity contribution in [1.82, 2.24) is 0 Å². The summed E-state index contributed by atoms with van der Waals surface area (Å²) in [5.74, 6) is 0.714. The fourth-order valence-electron chi connectivity index (χ4n) is 1.79. The third kappa shape index (κ3) is 3.01. The number of Topliss-reactive ketones (excluding diaryl/α,β-unsaturated/α-hetero) is 1. The minimum absolute atomic E-state index is 0.0402. The van der Waals surface area contributed by atoms with Gasteiger partial charge in [0.1, 0.15) is 5.75 Å². The van der Waals surface area contributed by atoms with Crippen LogP contribution < -0.4 is 4.74 Å². The molecule has 0 aliphatic rings. The van der Waals surface area contributed by atoms with Crippen LogP contribution in [-0.2, 0) is 0 Å². The highest BCUT2D eigenvalue weighted by Crippen LogP contribution is 2.33. The van der Waals surface area contributed by atoms with Gasteiger partial charge in [-0.2, -0.15) is 0 Å². The van der Waals surface area contributed by atoms with Crippen molar-refractivity contribution in [1.29, 1.82) is 0 Å². The zero-order valence-corrected chi connectivity index (χ0v) is 11.8. The molecule has 3 heteroatoms. The molecule has 1 aromatic rings. The molecule has 0 radical (unpaired) electrons. The largest absolute Gasteiger partial charge is 0.490 e. The molecule has 94 valence electrons. The maximum atomic E-state index is 12.0. The van der Waals surface area contributed by atoms with Crippen LogP contribution in [0, 0.1) is 13.8 Å². The minimum atomic E-state index is 0.0402. The number of ketones is 1. The van der Waals surface area contributed by atoms with Gasteiger partial charge in [-0.3, -0.25) is 4.79 Å². The van der Waals surface area contributed by atoms with Crippen molar-refractivity contribution in [2.45, 2.75) is 47.1 Å². The standard InChI is InChI=1S/C14H19ClO2/c1-6-11(16)13-10(5)14(15)9(4)7-12(13)17-8(2)3/h7-8H,6H2,1-5H3. The lowest BCUT2D eigenvalue weighted by Crippen LogP contribution is -2.12. The lowest BCUT2D eigenvalue weighted by Gasteiger charge is -2.17. The second-order valence-corrected chi connectivity index (χ2v) is 4.83. The van der Waals surface area contributed by atoms with Crippen LogP contribution in [0.3, 0.4) is 0 Å². The summed E-state index contributed by atoms with van der Waals surface area (Å²) in [6.07, 6.45) is 0.493.